The average Bonchev–Trinajstić information content (AvgIpc) is 2.49. The number of rotatable bonds is 5. The number of benzene rings is 2. The minimum Gasteiger partial charge on any atom is -0.383 e. The van der Waals surface area contributed by atoms with Gasteiger partial charge in [-0.25, -0.2) is 4.99 Å². The molecule has 0 aliphatic heterocycles. The van der Waals surface area contributed by atoms with E-state index in [1.165, 1.54) is 11.1 Å². The number of hydrogen-bond acceptors (Lipinski definition) is 2. The third kappa shape index (κ3) is 4.65. The number of nitrogens with two attached hydrogens (primary N) is 1. The molecule has 2 aromatic carbocycles. The molecule has 116 valence electrons. The summed E-state index contributed by atoms with van der Waals surface area (Å²) in [5.74, 6) is 0.399. The molecule has 1 unspecified atom stereocenters. The summed E-state index contributed by atoms with van der Waals surface area (Å²) in [4.78, 5) is 3.70. The molecule has 0 radical (unpaired) electrons. The van der Waals surface area contributed by atoms with Crippen LogP contribution in [0.15, 0.2) is 53.5 Å². The summed E-state index contributed by atoms with van der Waals surface area (Å²) in [6, 6.07) is 15.7. The zero-order valence-corrected chi connectivity index (χ0v) is 14.1. The lowest BCUT2D eigenvalue weighted by Crippen LogP contribution is -2.28. The van der Waals surface area contributed by atoms with E-state index >= 15 is 0 Å². The number of aryl methyl sites for hydroxylation is 2. The molecule has 2 rings (SSSR count). The van der Waals surface area contributed by atoms with Crippen LogP contribution in [0.5, 0.6) is 0 Å². The summed E-state index contributed by atoms with van der Waals surface area (Å²) in [5.41, 5.74) is 10.1. The lowest BCUT2D eigenvalue weighted by atomic mass is 10.1. The van der Waals surface area contributed by atoms with E-state index in [1.807, 2.05) is 62.4 Å². The predicted molar refractivity (Wildman–Crippen MR) is 96.0 cm³/mol. The molecule has 1 atom stereocenters. The third-order valence-electron chi connectivity index (χ3n) is 3.23. The van der Waals surface area contributed by atoms with E-state index in [1.54, 1.807) is 0 Å². The summed E-state index contributed by atoms with van der Waals surface area (Å²) in [5, 5.41) is 3.19. The second-order valence-corrected chi connectivity index (χ2v) is 6.33. The Kier molecular flexibility index (Phi) is 5.69. The Labute approximate surface area is 141 Å². The number of aliphatic imine (C=N–C) groups is 1. The van der Waals surface area contributed by atoms with Crippen molar-refractivity contribution in [3.8, 4) is 0 Å². The molecule has 0 aliphatic rings. The first-order valence-electron chi connectivity index (χ1n) is 6.97. The van der Waals surface area contributed by atoms with E-state index in [4.69, 9.17) is 28.9 Å². The van der Waals surface area contributed by atoms with Crippen LogP contribution in [0.25, 0.3) is 0 Å². The van der Waals surface area contributed by atoms with Crippen molar-refractivity contribution in [1.82, 2.24) is 0 Å². The number of anilines is 1. The van der Waals surface area contributed by atoms with E-state index in [0.717, 1.165) is 11.3 Å². The minimum atomic E-state index is -0.717. The van der Waals surface area contributed by atoms with E-state index in [9.17, 15) is 0 Å². The van der Waals surface area contributed by atoms with E-state index in [0.29, 0.717) is 5.84 Å². The van der Waals surface area contributed by atoms with Gasteiger partial charge in [-0.05, 0) is 26.0 Å². The van der Waals surface area contributed by atoms with Gasteiger partial charge in [-0.2, -0.15) is 0 Å². The minimum absolute atomic E-state index is 0.399. The highest BCUT2D eigenvalue weighted by Crippen LogP contribution is 2.17. The molecule has 3 nitrogen and oxygen atoms in total. The van der Waals surface area contributed by atoms with Crippen LogP contribution in [0, 0.1) is 13.8 Å². The molecule has 22 heavy (non-hydrogen) atoms. The molecule has 0 amide bonds. The summed E-state index contributed by atoms with van der Waals surface area (Å²) in [6.45, 7) is 4.05. The number of alkyl halides is 2. The molecular weight excluding hydrogens is 317 g/mol. The number of hydrogen-bond donors (Lipinski definition) is 2. The first-order chi connectivity index (χ1) is 10.5. The Hall–Kier alpha value is -1.71. The molecule has 3 N–H and O–H groups in total. The molecule has 0 heterocycles. The Bertz CT molecular complexity index is 634. The Balaban J connectivity index is 2.18. The number of nitrogens with zero attached hydrogens (tertiary/aromatic N) is 1. The van der Waals surface area contributed by atoms with Gasteiger partial charge in [0.15, 0.2) is 6.17 Å². The predicted octanol–water partition coefficient (Wildman–Crippen LogP) is 4.25. The topological polar surface area (TPSA) is 50.4 Å². The molecular formula is C17H19Cl2N3. The Morgan fingerprint density at radius 2 is 1.45 bits per heavy atom. The number of halogens is 2. The van der Waals surface area contributed by atoms with E-state index < -0.39 is 11.0 Å². The maximum absolute atomic E-state index is 6.05. The molecule has 0 saturated carbocycles. The number of nitrogens with one attached hydrogen (secondary N) is 1. The normalized spacial score (nSPS) is 13.2. The van der Waals surface area contributed by atoms with Gasteiger partial charge in [0.2, 0.25) is 0 Å². The average molecular weight is 336 g/mol. The van der Waals surface area contributed by atoms with Crippen molar-refractivity contribution in [2.24, 2.45) is 10.7 Å². The van der Waals surface area contributed by atoms with Gasteiger partial charge < -0.3 is 11.1 Å². The van der Waals surface area contributed by atoms with Crippen molar-refractivity contribution in [3.05, 3.63) is 65.2 Å². The van der Waals surface area contributed by atoms with Crippen LogP contribution in [0.3, 0.4) is 0 Å². The van der Waals surface area contributed by atoms with Crippen molar-refractivity contribution < 1.29 is 0 Å². The van der Waals surface area contributed by atoms with Crippen LogP contribution in [0.2, 0.25) is 0 Å². The number of amidine groups is 1. The third-order valence-corrected chi connectivity index (χ3v) is 3.71. The zero-order valence-electron chi connectivity index (χ0n) is 12.6. The standard InChI is InChI=1S/C17H19Cl2N3/c1-11-3-7-13(8-4-11)16(20)22-17(15(18)19)21-14-9-5-12(2)6-10-14/h3-10,15,17,21H,1-2H3,(H2,20,22). The van der Waals surface area contributed by atoms with Crippen molar-refractivity contribution >= 4 is 34.7 Å². The second-order valence-electron chi connectivity index (χ2n) is 5.17. The molecule has 0 aliphatic carbocycles. The molecule has 0 saturated heterocycles. The molecule has 0 aromatic heterocycles. The van der Waals surface area contributed by atoms with Crippen LogP contribution in [0.1, 0.15) is 16.7 Å². The van der Waals surface area contributed by atoms with E-state index in [-0.39, 0.29) is 0 Å². The van der Waals surface area contributed by atoms with Crippen LogP contribution in [-0.2, 0) is 0 Å². The SMILES string of the molecule is Cc1ccc(NC(/N=C(\N)c2ccc(C)cc2)C(Cl)Cl)cc1. The van der Waals surface area contributed by atoms with Crippen LogP contribution >= 0.6 is 23.2 Å². The Morgan fingerprint density at radius 3 is 1.95 bits per heavy atom. The first-order valence-corrected chi connectivity index (χ1v) is 7.84. The largest absolute Gasteiger partial charge is 0.383 e. The van der Waals surface area contributed by atoms with Crippen molar-refractivity contribution in [3.63, 3.8) is 0 Å². The fourth-order valence-electron chi connectivity index (χ4n) is 1.92. The van der Waals surface area contributed by atoms with Crippen LogP contribution < -0.4 is 11.1 Å². The Morgan fingerprint density at radius 1 is 0.955 bits per heavy atom. The second kappa shape index (κ2) is 7.52. The van der Waals surface area contributed by atoms with E-state index in [2.05, 4.69) is 10.3 Å². The van der Waals surface area contributed by atoms with Gasteiger partial charge in [0.1, 0.15) is 10.7 Å². The van der Waals surface area contributed by atoms with Crippen LogP contribution in [0.4, 0.5) is 5.69 Å². The van der Waals surface area contributed by atoms with Gasteiger partial charge in [0.25, 0.3) is 0 Å². The highest BCUT2D eigenvalue weighted by molar-refractivity contribution is 6.45. The summed E-state index contributed by atoms with van der Waals surface area (Å²) < 4.78 is 0. The van der Waals surface area contributed by atoms with Gasteiger partial charge in [0.05, 0.1) is 0 Å². The van der Waals surface area contributed by atoms with Crippen molar-refractivity contribution in [2.45, 2.75) is 24.8 Å². The molecule has 0 fully saturated rings. The molecule has 0 spiro atoms. The lowest BCUT2D eigenvalue weighted by molar-refractivity contribution is 0.822. The van der Waals surface area contributed by atoms with Crippen LogP contribution in [-0.4, -0.2) is 16.8 Å². The summed E-state index contributed by atoms with van der Waals surface area (Å²) >= 11 is 12.0. The monoisotopic (exact) mass is 335 g/mol. The van der Waals surface area contributed by atoms with Gasteiger partial charge in [-0.1, -0.05) is 47.5 Å². The maximum atomic E-state index is 6.05. The molecule has 0 bridgehead atoms. The van der Waals surface area contributed by atoms with Crippen molar-refractivity contribution in [2.75, 3.05) is 5.32 Å². The van der Waals surface area contributed by atoms with Gasteiger partial charge in [-0.3, -0.25) is 0 Å². The zero-order chi connectivity index (χ0) is 16.1. The van der Waals surface area contributed by atoms with Gasteiger partial charge >= 0.3 is 0 Å². The fourth-order valence-corrected chi connectivity index (χ4v) is 2.16. The quantitative estimate of drug-likeness (QED) is 0.487. The van der Waals surface area contributed by atoms with Gasteiger partial charge in [-0.15, -0.1) is 23.2 Å². The fraction of sp³-hybridized carbons (Fsp3) is 0.235. The van der Waals surface area contributed by atoms with Gasteiger partial charge in [0, 0.05) is 11.3 Å². The highest BCUT2D eigenvalue weighted by atomic mass is 35.5. The molecule has 5 heteroatoms. The summed E-state index contributed by atoms with van der Waals surface area (Å²) in [6.07, 6.45) is -0.521. The van der Waals surface area contributed by atoms with Crippen molar-refractivity contribution in [1.29, 1.82) is 0 Å². The lowest BCUT2D eigenvalue weighted by Gasteiger charge is -2.18. The first kappa shape index (κ1) is 16.7. The summed E-state index contributed by atoms with van der Waals surface area (Å²) in [7, 11) is 0. The molecule has 2 aromatic rings. The highest BCUT2D eigenvalue weighted by Gasteiger charge is 2.16. The maximum Gasteiger partial charge on any atom is 0.151 e. The smallest absolute Gasteiger partial charge is 0.151 e.